The van der Waals surface area contributed by atoms with Crippen molar-refractivity contribution in [3.05, 3.63) is 46.6 Å². The van der Waals surface area contributed by atoms with E-state index < -0.39 is 59.1 Å². The maximum atomic E-state index is 12.6. The Morgan fingerprint density at radius 1 is 0.368 bits per heavy atom. The van der Waals surface area contributed by atoms with Gasteiger partial charge in [0, 0.05) is 18.1 Å². The Labute approximate surface area is 878 Å². The molecule has 18 nitrogen and oxygen atoms in total. The van der Waals surface area contributed by atoms with E-state index in [-0.39, 0.29) is 95.0 Å². The SMILES string of the molecule is CC(C)=CCCC(C)(O)C1CC[C@]2(C)C1CCC1[C@@]3(C)CCC(N)C(C)(C)C3CC[C@]12C.CC(C)=CCCC(C)(O)C1CC[C@]2(C)C1CCC1[C@@]3(C)CCC(NC(=O)COCC(=O)O)C(C)(C)C3CC[C@]12C.CC(C)=CCCC(C)(O)C1CC[C@]2(C)C1CCC1[C@@]3(C)CCC(NS(N)(=O)=O)C(C)(C)C3CC[C@]12C.CC(C)=CCCC(C)(O)C1CC[C@]2(C)C1CCC1[C@@]3(C)CCC(OP(=O)([O-])O)C(C)(C)C3CC[C@]12C. The number of fused-ring (bicyclic) bond motifs is 20. The van der Waals surface area contributed by atoms with E-state index in [4.69, 9.17) is 25.2 Å². The monoisotopic (exact) mass is 2050 g/mol. The largest absolute Gasteiger partial charge is 0.756 e. The van der Waals surface area contributed by atoms with E-state index in [0.29, 0.717) is 112 Å². The van der Waals surface area contributed by atoms with Crippen molar-refractivity contribution >= 4 is 29.9 Å². The lowest BCUT2D eigenvalue weighted by atomic mass is 9.35. The molecule has 16 aliphatic rings. The molecule has 0 radical (unpaired) electrons. The Morgan fingerprint density at radius 2 is 0.632 bits per heavy atom. The van der Waals surface area contributed by atoms with E-state index >= 15 is 0 Å². The molecule has 20 heteroatoms. The Kier molecular flexibility index (Phi) is 34.1. The van der Waals surface area contributed by atoms with Crippen molar-refractivity contribution in [3.8, 4) is 0 Å². The zero-order chi connectivity index (χ0) is 107. The number of carbonyl (C=O) groups is 2. The van der Waals surface area contributed by atoms with Crippen molar-refractivity contribution < 1.29 is 67.2 Å². The number of ether oxygens (including phenoxy) is 1. The number of aliphatic carboxylic acids is 1. The number of nitrogens with one attached hydrogen (secondary N) is 2. The summed E-state index contributed by atoms with van der Waals surface area (Å²) in [6, 6.07) is 0.312. The van der Waals surface area contributed by atoms with Gasteiger partial charge in [-0.1, -0.05) is 185 Å². The number of hydrogen-bond donors (Lipinski definition) is 10. The summed E-state index contributed by atoms with van der Waals surface area (Å²) >= 11 is 0. The van der Waals surface area contributed by atoms with Crippen molar-refractivity contribution in [2.75, 3.05) is 13.2 Å². The molecular formula is C124H216N4O14PS-. The van der Waals surface area contributed by atoms with Crippen molar-refractivity contribution in [2.45, 2.75) is 525 Å². The number of amides is 1. The van der Waals surface area contributed by atoms with Crippen molar-refractivity contribution in [1.82, 2.24) is 10.0 Å². The summed E-state index contributed by atoms with van der Waals surface area (Å²) in [6.07, 6.45) is 53.0. The summed E-state index contributed by atoms with van der Waals surface area (Å²) in [7, 11) is -8.48. The lowest BCUT2D eigenvalue weighted by Crippen LogP contribution is -2.66. The number of carbonyl (C=O) groups excluding carboxylic acids is 1. The maximum Gasteiger partial charge on any atom is 0.329 e. The summed E-state index contributed by atoms with van der Waals surface area (Å²) in [5.41, 5.74) is 12.5. The van der Waals surface area contributed by atoms with Gasteiger partial charge >= 0.3 is 5.97 Å². The molecule has 16 aliphatic carbocycles. The molecule has 0 heterocycles. The molecule has 16 rings (SSSR count). The molecule has 16 saturated carbocycles. The molecule has 0 aliphatic heterocycles. The van der Waals surface area contributed by atoms with Crippen LogP contribution in [0.3, 0.4) is 0 Å². The third-order valence-corrected chi connectivity index (χ3v) is 52.2. The van der Waals surface area contributed by atoms with E-state index in [1.54, 1.807) is 0 Å². The first-order valence-corrected chi connectivity index (χ1v) is 61.8. The van der Waals surface area contributed by atoms with Crippen molar-refractivity contribution in [2.24, 2.45) is 192 Å². The molecule has 12 N–H and O–H groups in total. The number of carboxylic acid groups (broad SMARTS) is 1. The molecule has 144 heavy (non-hydrogen) atoms. The fourth-order valence-electron chi connectivity index (χ4n) is 42.8. The predicted octanol–water partition coefficient (Wildman–Crippen LogP) is 27.6. The summed E-state index contributed by atoms with van der Waals surface area (Å²) in [5, 5.41) is 64.2. The van der Waals surface area contributed by atoms with Crippen molar-refractivity contribution in [3.63, 3.8) is 0 Å². The number of nitrogens with two attached hydrogens (primary N) is 2. The number of hydrogen-bond acceptors (Lipinski definition) is 13. The molecule has 37 atom stereocenters. The minimum atomic E-state index is -4.77. The van der Waals surface area contributed by atoms with Crippen LogP contribution in [0.4, 0.5) is 0 Å². The fourth-order valence-corrected chi connectivity index (χ4v) is 44.3. The summed E-state index contributed by atoms with van der Waals surface area (Å²) in [5.74, 6) is 7.41. The molecule has 0 bridgehead atoms. The van der Waals surface area contributed by atoms with Crippen LogP contribution in [-0.2, 0) is 33.6 Å². The van der Waals surface area contributed by atoms with Gasteiger partial charge in [-0.3, -0.25) is 9.36 Å². The number of allylic oxidation sites excluding steroid dienone is 8. The van der Waals surface area contributed by atoms with Crippen LogP contribution in [0.2, 0.25) is 0 Å². The Bertz CT molecular complexity index is 4830. The summed E-state index contributed by atoms with van der Waals surface area (Å²) in [6.45, 7) is 74.4. The quantitative estimate of drug-likeness (QED) is 0.0300. The molecular weight excluding hydrogens is 1830 g/mol. The van der Waals surface area contributed by atoms with Gasteiger partial charge < -0.3 is 55.6 Å². The second kappa shape index (κ2) is 41.3. The van der Waals surface area contributed by atoms with Gasteiger partial charge in [-0.05, 0) is 521 Å². The van der Waals surface area contributed by atoms with Crippen LogP contribution in [0.15, 0.2) is 46.6 Å². The van der Waals surface area contributed by atoms with Gasteiger partial charge in [0.25, 0.3) is 18.0 Å². The van der Waals surface area contributed by atoms with Gasteiger partial charge in [-0.2, -0.15) is 13.1 Å². The Hall–Kier alpha value is -2.36. The zero-order valence-electron chi connectivity index (χ0n) is 97.5. The van der Waals surface area contributed by atoms with Gasteiger partial charge in [0.05, 0.1) is 28.5 Å². The van der Waals surface area contributed by atoms with Crippen LogP contribution in [-0.4, -0.2) is 111 Å². The number of carboxylic acids is 1. The molecule has 1 amide bonds. The molecule has 16 fully saturated rings. The third kappa shape index (κ3) is 21.0. The number of rotatable bonds is 25. The second-order valence-corrected chi connectivity index (χ2v) is 62.8. The van der Waals surface area contributed by atoms with E-state index in [1.807, 2.05) is 0 Å². The first kappa shape index (κ1) is 119. The molecule has 25 unspecified atom stereocenters. The van der Waals surface area contributed by atoms with Gasteiger partial charge in [0.2, 0.25) is 5.91 Å². The van der Waals surface area contributed by atoms with Crippen molar-refractivity contribution in [1.29, 1.82) is 0 Å². The lowest BCUT2D eigenvalue weighted by molar-refractivity contribution is -0.249. The first-order valence-electron chi connectivity index (χ1n) is 58.8. The summed E-state index contributed by atoms with van der Waals surface area (Å²) < 4.78 is 48.6. The number of phosphoric acid groups is 1. The standard InChI is InChI=1S/C34H57NO5.C30H54N2O3S.C30H53NO.C30H53O5P/c1-22(2)10-9-16-34(8,39)24-13-18-32(6)23(24)11-12-26-31(5)17-15-27(35-28(36)20-40-21-29(37)38)30(3,4)25(31)14-19-33(26,32)7;1-20(2)10-9-16-30(8,33)22-13-18-28(6)21(22)11-12-24-27(5)17-15-25(32-36(31,34)35)26(3,4)23(27)14-19-29(24,28)7;1-20(2)10-9-16-30(8,32)22-13-18-28(6)21(22)11-12-24-27(5)17-15-25(31)26(3,4)23(27)14-19-29(24,28)7;1-20(2)10-9-16-30(8,31)22-13-18-28(6)21(22)11-12-24-27(5)17-15-25(35-36(32,33)34)26(3,4)23(27)14-19-29(24,28)7/h10,23-27,39H,9,11-21H2,1-8H3,(H,35,36)(H,37,38);10,21-25,32-33H,9,11-19H2,1-8H3,(H2,31,34,35);10,21-25,32H,9,11-19,31H2,1-8H3;10,21-25,31H,9,11-19H2,1-8H3,(H2,32,33,34)/p-1/t23?,24?,25?,26?,27?,31-,32+,33+,34?;3*21?,22?,23?,24?,25?,27-,28+,29+,30?/m0000/s1. The van der Waals surface area contributed by atoms with Gasteiger partial charge in [-0.25, -0.2) is 9.93 Å². The van der Waals surface area contributed by atoms with Crippen LogP contribution < -0.4 is 25.8 Å². The van der Waals surface area contributed by atoms with Gasteiger partial charge in [0.1, 0.15) is 13.2 Å². The molecule has 828 valence electrons. The van der Waals surface area contributed by atoms with E-state index in [2.05, 4.69) is 256 Å². The van der Waals surface area contributed by atoms with E-state index in [0.717, 1.165) is 134 Å². The van der Waals surface area contributed by atoms with E-state index in [9.17, 15) is 52.8 Å². The average Bonchev–Trinajstić information content (AvgIpc) is 1.35. The molecule has 0 spiro atoms. The van der Waals surface area contributed by atoms with E-state index in [1.165, 1.54) is 151 Å². The molecule has 0 saturated heterocycles. The van der Waals surface area contributed by atoms with Crippen LogP contribution in [0, 0.1) is 181 Å². The first-order chi connectivity index (χ1) is 66.0. The van der Waals surface area contributed by atoms with Crippen LogP contribution in [0.5, 0.6) is 0 Å². The summed E-state index contributed by atoms with van der Waals surface area (Å²) in [4.78, 5) is 44.5. The highest BCUT2D eigenvalue weighted by atomic mass is 32.2. The third-order valence-electron chi connectivity index (χ3n) is 51.1. The predicted molar refractivity (Wildman–Crippen MR) is 586 cm³/mol. The Morgan fingerprint density at radius 3 is 0.917 bits per heavy atom. The zero-order valence-corrected chi connectivity index (χ0v) is 99.2. The second-order valence-electron chi connectivity index (χ2n) is 60.3. The highest BCUT2D eigenvalue weighted by Gasteiger charge is 2.76. The van der Waals surface area contributed by atoms with Gasteiger partial charge in [0.15, 0.2) is 0 Å². The maximum absolute atomic E-state index is 12.6. The highest BCUT2D eigenvalue weighted by Crippen LogP contribution is 2.82. The lowest BCUT2D eigenvalue weighted by Gasteiger charge is -2.70. The fraction of sp³-hybridized carbons (Fsp3) is 0.919. The Balaban J connectivity index is 0.000000161. The normalized spacial score (nSPS) is 45.7. The minimum absolute atomic E-state index is 0.0542. The topological polar surface area (TPSA) is 324 Å². The van der Waals surface area contributed by atoms with Crippen LogP contribution in [0.25, 0.3) is 0 Å². The molecule has 0 aromatic rings. The van der Waals surface area contributed by atoms with Gasteiger partial charge in [-0.15, -0.1) is 0 Å². The average molecular weight is 2050 g/mol. The smallest absolute Gasteiger partial charge is 0.329 e. The minimum Gasteiger partial charge on any atom is -0.756 e. The number of aliphatic hydroxyl groups is 4. The molecule has 0 aromatic carbocycles. The van der Waals surface area contributed by atoms with Crippen LogP contribution in [0.1, 0.15) is 478 Å². The highest BCUT2D eigenvalue weighted by molar-refractivity contribution is 7.87. The van der Waals surface area contributed by atoms with Crippen LogP contribution >= 0.6 is 7.82 Å². The number of phosphoric ester groups is 1. The molecule has 0 aromatic heterocycles.